The van der Waals surface area contributed by atoms with Crippen LogP contribution in [0, 0.1) is 0 Å². The van der Waals surface area contributed by atoms with Gasteiger partial charge in [0.2, 0.25) is 6.10 Å². The molecule has 0 radical (unpaired) electrons. The number of esters is 1. The zero-order valence-electron chi connectivity index (χ0n) is 14.7. The van der Waals surface area contributed by atoms with E-state index < -0.39 is 23.8 Å². The van der Waals surface area contributed by atoms with Gasteiger partial charge >= 0.3 is 12.1 Å². The first-order valence-electron chi connectivity index (χ1n) is 7.82. The lowest BCUT2D eigenvalue weighted by Gasteiger charge is -2.17. The van der Waals surface area contributed by atoms with Crippen molar-refractivity contribution in [2.45, 2.75) is 12.3 Å². The number of nitrogens with two attached hydrogens (primary N) is 1. The normalized spacial score (nSPS) is 12.3. The third-order valence-corrected chi connectivity index (χ3v) is 3.57. The summed E-state index contributed by atoms with van der Waals surface area (Å²) in [5, 5.41) is 2.93. The Hall–Kier alpha value is -2.94. The number of carbonyl (C=O) groups is 1. The van der Waals surface area contributed by atoms with Crippen molar-refractivity contribution in [1.29, 1.82) is 0 Å². The van der Waals surface area contributed by atoms with Crippen LogP contribution < -0.4 is 15.8 Å². The first kappa shape index (κ1) is 20.4. The summed E-state index contributed by atoms with van der Waals surface area (Å²) in [6, 6.07) is 9.52. The highest BCUT2D eigenvalue weighted by Gasteiger charge is 2.30. The molecule has 146 valence electrons. The van der Waals surface area contributed by atoms with Gasteiger partial charge in [-0.1, -0.05) is 0 Å². The molecule has 0 aliphatic rings. The lowest BCUT2D eigenvalue weighted by molar-refractivity contribution is -0.151. The number of anilines is 3. The molecular weight excluding hydrogens is 365 g/mol. The SMILES string of the molecule is COCC(Oc1ccc(Nc2ccc(C(F)(F)F)cc2N)cc1)C(=O)OC. The van der Waals surface area contributed by atoms with Crippen LogP contribution in [0.25, 0.3) is 0 Å². The Labute approximate surface area is 154 Å². The number of carbonyl (C=O) groups excluding carboxylic acids is 1. The fourth-order valence-corrected chi connectivity index (χ4v) is 2.22. The Morgan fingerprint density at radius 1 is 1.15 bits per heavy atom. The molecule has 0 saturated carbocycles. The molecule has 3 N–H and O–H groups in total. The second kappa shape index (κ2) is 8.63. The standard InChI is InChI=1S/C18H19F3N2O4/c1-25-10-16(17(24)26-2)27-13-6-4-12(5-7-13)23-15-8-3-11(9-14(15)22)18(19,20)21/h3-9,16,23H,10,22H2,1-2H3. The van der Waals surface area contributed by atoms with E-state index in [1.807, 2.05) is 0 Å². The predicted molar refractivity (Wildman–Crippen MR) is 93.9 cm³/mol. The van der Waals surface area contributed by atoms with Gasteiger partial charge in [-0.3, -0.25) is 0 Å². The molecule has 0 bridgehead atoms. The number of halogens is 3. The van der Waals surface area contributed by atoms with Crippen molar-refractivity contribution in [1.82, 2.24) is 0 Å². The smallest absolute Gasteiger partial charge is 0.416 e. The molecule has 2 aromatic carbocycles. The number of hydrogen-bond donors (Lipinski definition) is 2. The minimum Gasteiger partial charge on any atom is -0.476 e. The Morgan fingerprint density at radius 3 is 2.33 bits per heavy atom. The maximum absolute atomic E-state index is 12.7. The summed E-state index contributed by atoms with van der Waals surface area (Å²) in [5.74, 6) is -0.176. The quantitative estimate of drug-likeness (QED) is 0.561. The highest BCUT2D eigenvalue weighted by Crippen LogP contribution is 2.34. The Bertz CT molecular complexity index is 779. The second-order valence-electron chi connectivity index (χ2n) is 5.53. The first-order chi connectivity index (χ1) is 12.7. The summed E-state index contributed by atoms with van der Waals surface area (Å²) in [6.07, 6.45) is -5.37. The van der Waals surface area contributed by atoms with Crippen LogP contribution in [-0.4, -0.2) is 32.9 Å². The number of methoxy groups -OCH3 is 2. The molecule has 9 heteroatoms. The van der Waals surface area contributed by atoms with Crippen LogP contribution in [0.3, 0.4) is 0 Å². The molecule has 6 nitrogen and oxygen atoms in total. The van der Waals surface area contributed by atoms with E-state index in [0.29, 0.717) is 17.1 Å². The van der Waals surface area contributed by atoms with Gasteiger partial charge in [0.1, 0.15) is 5.75 Å². The van der Waals surface area contributed by atoms with E-state index >= 15 is 0 Å². The van der Waals surface area contributed by atoms with E-state index in [-0.39, 0.29) is 12.3 Å². The number of alkyl halides is 3. The molecule has 0 fully saturated rings. The Balaban J connectivity index is 2.08. The van der Waals surface area contributed by atoms with Gasteiger partial charge in [0, 0.05) is 12.8 Å². The summed E-state index contributed by atoms with van der Waals surface area (Å²) in [7, 11) is 2.68. The minimum atomic E-state index is -4.45. The summed E-state index contributed by atoms with van der Waals surface area (Å²) < 4.78 is 53.1. The average molecular weight is 384 g/mol. The van der Waals surface area contributed by atoms with Crippen molar-refractivity contribution in [3.05, 3.63) is 48.0 Å². The first-order valence-corrected chi connectivity index (χ1v) is 7.82. The number of hydrogen-bond acceptors (Lipinski definition) is 6. The highest BCUT2D eigenvalue weighted by atomic mass is 19.4. The molecule has 27 heavy (non-hydrogen) atoms. The van der Waals surface area contributed by atoms with Gasteiger partial charge in [-0.05, 0) is 42.5 Å². The van der Waals surface area contributed by atoms with Gasteiger partial charge in [-0.25, -0.2) is 4.79 Å². The van der Waals surface area contributed by atoms with Crippen molar-refractivity contribution in [3.63, 3.8) is 0 Å². The largest absolute Gasteiger partial charge is 0.476 e. The number of ether oxygens (including phenoxy) is 3. The van der Waals surface area contributed by atoms with Crippen LogP contribution in [-0.2, 0) is 20.4 Å². The van der Waals surface area contributed by atoms with Crippen LogP contribution >= 0.6 is 0 Å². The predicted octanol–water partition coefficient (Wildman–Crippen LogP) is 3.60. The van der Waals surface area contributed by atoms with Gasteiger partial charge in [-0.15, -0.1) is 0 Å². The number of benzene rings is 2. The zero-order chi connectivity index (χ0) is 20.0. The van der Waals surface area contributed by atoms with Crippen molar-refractivity contribution < 1.29 is 32.2 Å². The third-order valence-electron chi connectivity index (χ3n) is 3.57. The monoisotopic (exact) mass is 384 g/mol. The topological polar surface area (TPSA) is 82.8 Å². The fourth-order valence-electron chi connectivity index (χ4n) is 2.22. The van der Waals surface area contributed by atoms with Crippen molar-refractivity contribution >= 4 is 23.0 Å². The highest BCUT2D eigenvalue weighted by molar-refractivity contribution is 5.75. The molecule has 2 rings (SSSR count). The van der Waals surface area contributed by atoms with Crippen molar-refractivity contribution in [2.24, 2.45) is 0 Å². The minimum absolute atomic E-state index is 0.0226. The molecule has 0 aliphatic heterocycles. The molecule has 0 heterocycles. The summed E-state index contributed by atoms with van der Waals surface area (Å²) >= 11 is 0. The van der Waals surface area contributed by atoms with Gasteiger partial charge in [-0.2, -0.15) is 13.2 Å². The van der Waals surface area contributed by atoms with Crippen LogP contribution in [0.1, 0.15) is 5.56 Å². The number of rotatable bonds is 7. The van der Waals surface area contributed by atoms with E-state index in [1.165, 1.54) is 20.3 Å². The Kier molecular flexibility index (Phi) is 6.51. The summed E-state index contributed by atoms with van der Waals surface area (Å²) in [4.78, 5) is 11.6. The van der Waals surface area contributed by atoms with E-state index in [9.17, 15) is 18.0 Å². The van der Waals surface area contributed by atoms with E-state index in [2.05, 4.69) is 10.1 Å². The molecule has 2 aromatic rings. The second-order valence-corrected chi connectivity index (χ2v) is 5.53. The molecule has 0 aliphatic carbocycles. The van der Waals surface area contributed by atoms with Gasteiger partial charge in [0.15, 0.2) is 0 Å². The molecule has 0 spiro atoms. The van der Waals surface area contributed by atoms with Gasteiger partial charge in [0.25, 0.3) is 0 Å². The van der Waals surface area contributed by atoms with Crippen molar-refractivity contribution in [2.75, 3.05) is 31.9 Å². The van der Waals surface area contributed by atoms with Crippen LogP contribution in [0.4, 0.5) is 30.2 Å². The number of nitrogen functional groups attached to an aromatic ring is 1. The maximum Gasteiger partial charge on any atom is 0.416 e. The van der Waals surface area contributed by atoms with Crippen LogP contribution in [0.15, 0.2) is 42.5 Å². The lowest BCUT2D eigenvalue weighted by Crippen LogP contribution is -2.32. The van der Waals surface area contributed by atoms with E-state index in [4.69, 9.17) is 15.2 Å². The van der Waals surface area contributed by atoms with Crippen LogP contribution in [0.2, 0.25) is 0 Å². The third kappa shape index (κ3) is 5.52. The molecule has 0 amide bonds. The molecule has 0 saturated heterocycles. The Morgan fingerprint density at radius 2 is 1.81 bits per heavy atom. The lowest BCUT2D eigenvalue weighted by atomic mass is 10.1. The summed E-state index contributed by atoms with van der Waals surface area (Å²) in [5.41, 5.74) is 5.76. The van der Waals surface area contributed by atoms with E-state index in [0.717, 1.165) is 12.1 Å². The fraction of sp³-hybridized carbons (Fsp3) is 0.278. The molecule has 1 unspecified atom stereocenters. The molecule has 0 aromatic heterocycles. The van der Waals surface area contributed by atoms with Gasteiger partial charge in [0.05, 0.1) is 30.7 Å². The average Bonchev–Trinajstić information content (AvgIpc) is 2.63. The zero-order valence-corrected chi connectivity index (χ0v) is 14.7. The maximum atomic E-state index is 12.7. The molecule has 1 atom stereocenters. The number of nitrogens with one attached hydrogen (secondary N) is 1. The van der Waals surface area contributed by atoms with E-state index in [1.54, 1.807) is 24.3 Å². The summed E-state index contributed by atoms with van der Waals surface area (Å²) in [6.45, 7) is 0.0226. The molecular formula is C18H19F3N2O4. The van der Waals surface area contributed by atoms with Crippen LogP contribution in [0.5, 0.6) is 5.75 Å². The van der Waals surface area contributed by atoms with Gasteiger partial charge < -0.3 is 25.3 Å². The van der Waals surface area contributed by atoms with Crippen molar-refractivity contribution in [3.8, 4) is 5.75 Å².